The first-order valence-electron chi connectivity index (χ1n) is 7.02. The summed E-state index contributed by atoms with van der Waals surface area (Å²) in [5.41, 5.74) is 2.20. The second-order valence-electron chi connectivity index (χ2n) is 4.77. The first-order valence-corrected chi connectivity index (χ1v) is 7.02. The topological polar surface area (TPSA) is 57.2 Å². The molecule has 0 aliphatic carbocycles. The van der Waals surface area contributed by atoms with Crippen LogP contribution in [0.3, 0.4) is 0 Å². The van der Waals surface area contributed by atoms with Gasteiger partial charge in [-0.15, -0.1) is 0 Å². The van der Waals surface area contributed by atoms with Crippen LogP contribution >= 0.6 is 0 Å². The van der Waals surface area contributed by atoms with Crippen molar-refractivity contribution in [2.45, 2.75) is 31.3 Å². The van der Waals surface area contributed by atoms with Gasteiger partial charge in [-0.3, -0.25) is 0 Å². The smallest absolute Gasteiger partial charge is 0.168 e. The van der Waals surface area contributed by atoms with Crippen molar-refractivity contribution in [3.63, 3.8) is 0 Å². The highest BCUT2D eigenvalue weighted by molar-refractivity contribution is 5.26. The molecule has 0 fully saturated rings. The normalized spacial score (nSPS) is 11.8. The Morgan fingerprint density at radius 1 is 0.857 bits per heavy atom. The summed E-state index contributed by atoms with van der Waals surface area (Å²) in [7, 11) is 6.39. The van der Waals surface area contributed by atoms with E-state index in [4.69, 9.17) is 24.1 Å². The molecule has 1 rings (SSSR count). The van der Waals surface area contributed by atoms with Gasteiger partial charge in [-0.05, 0) is 24.0 Å². The summed E-state index contributed by atoms with van der Waals surface area (Å²) in [5.74, 6) is -0.193. The number of aryl methyl sites for hydroxylation is 1. The van der Waals surface area contributed by atoms with Gasteiger partial charge < -0.3 is 24.1 Å². The van der Waals surface area contributed by atoms with E-state index in [2.05, 4.69) is 0 Å². The second-order valence-corrected chi connectivity index (χ2v) is 4.77. The molecule has 1 aromatic carbocycles. The number of methoxy groups -OCH3 is 4. The number of ether oxygens (including phenoxy) is 4. The Balaban J connectivity index is 2.96. The van der Waals surface area contributed by atoms with E-state index in [1.807, 2.05) is 24.3 Å². The van der Waals surface area contributed by atoms with Gasteiger partial charge in [0.15, 0.2) is 12.6 Å². The molecule has 0 saturated carbocycles. The molecule has 0 atom stereocenters. The minimum absolute atomic E-state index is 0.193. The number of aliphatic hydroxyl groups is 1. The van der Waals surface area contributed by atoms with E-state index in [0.717, 1.165) is 18.4 Å². The van der Waals surface area contributed by atoms with Crippen molar-refractivity contribution in [1.29, 1.82) is 0 Å². The first kappa shape index (κ1) is 18.1. The monoisotopic (exact) mass is 298 g/mol. The summed E-state index contributed by atoms with van der Waals surface area (Å²) >= 11 is 0. The molecule has 0 unspecified atom stereocenters. The lowest BCUT2D eigenvalue weighted by atomic mass is 9.95. The predicted octanol–water partition coefficient (Wildman–Crippen LogP) is 1.93. The second kappa shape index (κ2) is 9.87. The standard InChI is InChI=1S/C16H26O5/c1-18-15(19-2)14(16(20-3)21-4)13-9-7-12(8-10-13)6-5-11-17/h7-10,14-17H,5-6,11H2,1-4H3. The number of benzene rings is 1. The molecule has 0 amide bonds. The van der Waals surface area contributed by atoms with Crippen molar-refractivity contribution < 1.29 is 24.1 Å². The SMILES string of the molecule is COC(OC)C(c1ccc(CCCO)cc1)C(OC)OC. The van der Waals surface area contributed by atoms with Crippen LogP contribution in [-0.4, -0.2) is 52.7 Å². The van der Waals surface area contributed by atoms with Crippen LogP contribution in [0.5, 0.6) is 0 Å². The third kappa shape index (κ3) is 5.05. The van der Waals surface area contributed by atoms with Crippen molar-refractivity contribution in [3.05, 3.63) is 35.4 Å². The fourth-order valence-electron chi connectivity index (χ4n) is 2.41. The maximum Gasteiger partial charge on any atom is 0.168 e. The summed E-state index contributed by atoms with van der Waals surface area (Å²) in [6.45, 7) is 0.204. The van der Waals surface area contributed by atoms with Gasteiger partial charge in [0.2, 0.25) is 0 Å². The van der Waals surface area contributed by atoms with E-state index in [1.165, 1.54) is 5.56 Å². The minimum Gasteiger partial charge on any atom is -0.396 e. The third-order valence-corrected chi connectivity index (χ3v) is 3.50. The highest BCUT2D eigenvalue weighted by atomic mass is 16.7. The fourth-order valence-corrected chi connectivity index (χ4v) is 2.41. The molecule has 0 aliphatic rings. The van der Waals surface area contributed by atoms with Gasteiger partial charge in [0.1, 0.15) is 0 Å². The van der Waals surface area contributed by atoms with E-state index >= 15 is 0 Å². The number of hydrogen-bond donors (Lipinski definition) is 1. The molecule has 1 N–H and O–H groups in total. The van der Waals surface area contributed by atoms with E-state index in [-0.39, 0.29) is 12.5 Å². The molecular weight excluding hydrogens is 272 g/mol. The van der Waals surface area contributed by atoms with Crippen molar-refractivity contribution in [1.82, 2.24) is 0 Å². The number of aliphatic hydroxyl groups excluding tert-OH is 1. The van der Waals surface area contributed by atoms with Crippen LogP contribution in [0.1, 0.15) is 23.5 Å². The predicted molar refractivity (Wildman–Crippen MR) is 80.2 cm³/mol. The van der Waals surface area contributed by atoms with Crippen molar-refractivity contribution in [2.24, 2.45) is 0 Å². The Morgan fingerprint density at radius 3 is 1.71 bits per heavy atom. The molecule has 0 heterocycles. The Hall–Kier alpha value is -0.980. The summed E-state index contributed by atoms with van der Waals surface area (Å²) < 4.78 is 21.5. The average Bonchev–Trinajstić information content (AvgIpc) is 2.54. The Kier molecular flexibility index (Phi) is 8.49. The van der Waals surface area contributed by atoms with Crippen molar-refractivity contribution in [2.75, 3.05) is 35.0 Å². The van der Waals surface area contributed by atoms with Crippen LogP contribution in [0.4, 0.5) is 0 Å². The molecule has 0 aliphatic heterocycles. The van der Waals surface area contributed by atoms with Crippen LogP contribution < -0.4 is 0 Å². The van der Waals surface area contributed by atoms with Crippen molar-refractivity contribution in [3.8, 4) is 0 Å². The average molecular weight is 298 g/mol. The molecule has 0 radical (unpaired) electrons. The van der Waals surface area contributed by atoms with E-state index in [9.17, 15) is 0 Å². The lowest BCUT2D eigenvalue weighted by molar-refractivity contribution is -0.196. The van der Waals surface area contributed by atoms with Crippen LogP contribution in [0, 0.1) is 0 Å². The molecular formula is C16H26O5. The summed E-state index contributed by atoms with van der Waals surface area (Å²) in [4.78, 5) is 0. The van der Waals surface area contributed by atoms with Gasteiger partial charge in [-0.25, -0.2) is 0 Å². The van der Waals surface area contributed by atoms with E-state index in [0.29, 0.717) is 0 Å². The zero-order valence-electron chi connectivity index (χ0n) is 13.2. The van der Waals surface area contributed by atoms with E-state index in [1.54, 1.807) is 28.4 Å². The lowest BCUT2D eigenvalue weighted by Crippen LogP contribution is -2.35. The molecule has 0 saturated heterocycles. The van der Waals surface area contributed by atoms with Gasteiger partial charge >= 0.3 is 0 Å². The molecule has 0 bridgehead atoms. The number of rotatable bonds is 10. The zero-order chi connectivity index (χ0) is 15.7. The zero-order valence-corrected chi connectivity index (χ0v) is 13.2. The van der Waals surface area contributed by atoms with Gasteiger partial charge in [0, 0.05) is 35.0 Å². The van der Waals surface area contributed by atoms with Gasteiger partial charge in [0.25, 0.3) is 0 Å². The summed E-state index contributed by atoms with van der Waals surface area (Å²) in [6, 6.07) is 8.13. The summed E-state index contributed by atoms with van der Waals surface area (Å²) in [5, 5.41) is 8.88. The van der Waals surface area contributed by atoms with Crippen molar-refractivity contribution >= 4 is 0 Å². The number of hydrogen-bond acceptors (Lipinski definition) is 5. The highest BCUT2D eigenvalue weighted by Crippen LogP contribution is 2.28. The summed E-state index contributed by atoms with van der Waals surface area (Å²) in [6.07, 6.45) is 0.703. The quantitative estimate of drug-likeness (QED) is 0.669. The van der Waals surface area contributed by atoms with Crippen LogP contribution in [0.15, 0.2) is 24.3 Å². The van der Waals surface area contributed by atoms with Gasteiger partial charge in [0.05, 0.1) is 5.92 Å². The van der Waals surface area contributed by atoms with Gasteiger partial charge in [-0.1, -0.05) is 24.3 Å². The Morgan fingerprint density at radius 2 is 1.33 bits per heavy atom. The maximum atomic E-state index is 8.88. The lowest BCUT2D eigenvalue weighted by Gasteiger charge is -2.30. The van der Waals surface area contributed by atoms with Gasteiger partial charge in [-0.2, -0.15) is 0 Å². The van der Waals surface area contributed by atoms with Crippen LogP contribution in [0.2, 0.25) is 0 Å². The molecule has 5 nitrogen and oxygen atoms in total. The van der Waals surface area contributed by atoms with E-state index < -0.39 is 12.6 Å². The molecule has 0 spiro atoms. The highest BCUT2D eigenvalue weighted by Gasteiger charge is 2.31. The maximum absolute atomic E-state index is 8.88. The fraction of sp³-hybridized carbons (Fsp3) is 0.625. The third-order valence-electron chi connectivity index (χ3n) is 3.50. The Bertz CT molecular complexity index is 359. The molecule has 120 valence electrons. The molecule has 0 aromatic heterocycles. The van der Waals surface area contributed by atoms with Crippen LogP contribution in [0.25, 0.3) is 0 Å². The largest absolute Gasteiger partial charge is 0.396 e. The van der Waals surface area contributed by atoms with Crippen LogP contribution in [-0.2, 0) is 25.4 Å². The minimum atomic E-state index is -0.460. The first-order chi connectivity index (χ1) is 10.2. The molecule has 21 heavy (non-hydrogen) atoms. The molecule has 5 heteroatoms. The Labute approximate surface area is 126 Å². The molecule has 1 aromatic rings.